The van der Waals surface area contributed by atoms with Crippen molar-refractivity contribution in [3.05, 3.63) is 0 Å². The normalized spacial score (nSPS) is 30.7. The van der Waals surface area contributed by atoms with Crippen molar-refractivity contribution in [1.29, 1.82) is 0 Å². The first kappa shape index (κ1) is 12.0. The molecule has 1 saturated carbocycles. The lowest BCUT2D eigenvalue weighted by atomic mass is 9.64. The number of amides is 1. The van der Waals surface area contributed by atoms with Gasteiger partial charge >= 0.3 is 0 Å². The molecule has 4 heteroatoms. The van der Waals surface area contributed by atoms with E-state index in [-0.39, 0.29) is 23.5 Å². The Balaban J connectivity index is 2.53. The summed E-state index contributed by atoms with van der Waals surface area (Å²) in [5.74, 6) is -0.0255. The summed E-state index contributed by atoms with van der Waals surface area (Å²) in [4.78, 5) is 11.6. The fraction of sp³-hybridized carbons (Fsp3) is 0.900. The maximum absolute atomic E-state index is 11.6. The third-order valence-corrected chi connectivity index (χ3v) is 3.42. The molecule has 0 aliphatic heterocycles. The van der Waals surface area contributed by atoms with E-state index < -0.39 is 4.32 Å². The Morgan fingerprint density at radius 1 is 1.57 bits per heavy atom. The predicted octanol–water partition coefficient (Wildman–Crippen LogP) is 1.44. The van der Waals surface area contributed by atoms with Crippen LogP contribution in [0.5, 0.6) is 0 Å². The van der Waals surface area contributed by atoms with Gasteiger partial charge in [-0.05, 0) is 20.3 Å². The summed E-state index contributed by atoms with van der Waals surface area (Å²) in [6, 6.07) is 0.0850. The van der Waals surface area contributed by atoms with Crippen LogP contribution >= 0.6 is 15.9 Å². The van der Waals surface area contributed by atoms with Gasteiger partial charge in [0.15, 0.2) is 0 Å². The van der Waals surface area contributed by atoms with Crippen molar-refractivity contribution in [2.75, 3.05) is 0 Å². The molecule has 0 aromatic heterocycles. The summed E-state index contributed by atoms with van der Waals surface area (Å²) in [5, 5.41) is 12.4. The molecule has 2 unspecified atom stereocenters. The van der Waals surface area contributed by atoms with Gasteiger partial charge in [-0.15, -0.1) is 0 Å². The van der Waals surface area contributed by atoms with Crippen molar-refractivity contribution in [3.63, 3.8) is 0 Å². The number of rotatable bonds is 2. The monoisotopic (exact) mass is 263 g/mol. The van der Waals surface area contributed by atoms with Crippen molar-refractivity contribution in [2.45, 2.75) is 50.6 Å². The Bertz CT molecular complexity index is 245. The molecule has 3 nitrogen and oxygen atoms in total. The van der Waals surface area contributed by atoms with Gasteiger partial charge < -0.3 is 10.4 Å². The molecule has 0 aromatic rings. The second kappa shape index (κ2) is 3.49. The second-order valence-corrected chi connectivity index (χ2v) is 7.05. The Morgan fingerprint density at radius 3 is 2.36 bits per heavy atom. The minimum absolute atomic E-state index is 0.0255. The van der Waals surface area contributed by atoms with Crippen LogP contribution in [0.3, 0.4) is 0 Å². The first-order valence-corrected chi connectivity index (χ1v) is 5.63. The van der Waals surface area contributed by atoms with E-state index in [0.29, 0.717) is 6.42 Å². The molecule has 2 atom stereocenters. The summed E-state index contributed by atoms with van der Waals surface area (Å²) < 4.78 is -0.538. The molecule has 1 fully saturated rings. The molecule has 0 spiro atoms. The molecule has 0 heterocycles. The van der Waals surface area contributed by atoms with Crippen molar-refractivity contribution >= 4 is 21.8 Å². The molecule has 0 radical (unpaired) electrons. The Morgan fingerprint density at radius 2 is 2.07 bits per heavy atom. The Kier molecular flexibility index (Phi) is 2.99. The zero-order chi connectivity index (χ0) is 11.1. The van der Waals surface area contributed by atoms with E-state index >= 15 is 0 Å². The van der Waals surface area contributed by atoms with Crippen LogP contribution < -0.4 is 5.32 Å². The molecular formula is C10H18BrNO2. The minimum atomic E-state index is -0.538. The average Bonchev–Trinajstić information content (AvgIpc) is 2.02. The maximum atomic E-state index is 11.6. The van der Waals surface area contributed by atoms with Gasteiger partial charge in [0.25, 0.3) is 0 Å². The van der Waals surface area contributed by atoms with Gasteiger partial charge in [0, 0.05) is 11.5 Å². The fourth-order valence-corrected chi connectivity index (χ4v) is 1.59. The maximum Gasteiger partial charge on any atom is 0.236 e. The van der Waals surface area contributed by atoms with E-state index in [0.717, 1.165) is 0 Å². The molecule has 0 bridgehead atoms. The van der Waals surface area contributed by atoms with Crippen molar-refractivity contribution in [1.82, 2.24) is 5.32 Å². The van der Waals surface area contributed by atoms with Crippen LogP contribution in [0.15, 0.2) is 0 Å². The molecule has 1 amide bonds. The molecule has 0 saturated heterocycles. The summed E-state index contributed by atoms with van der Waals surface area (Å²) in [5.41, 5.74) is -0.200. The van der Waals surface area contributed by atoms with Gasteiger partial charge in [-0.25, -0.2) is 0 Å². The van der Waals surface area contributed by atoms with Gasteiger partial charge in [0.1, 0.15) is 0 Å². The Hall–Kier alpha value is -0.0900. The topological polar surface area (TPSA) is 49.3 Å². The standard InChI is InChI=1S/C10H18BrNO2/c1-9(2)6(5-7(9)13)12-8(14)10(3,4)11/h6-7,13H,5H2,1-4H3,(H,12,14). The van der Waals surface area contributed by atoms with Crippen molar-refractivity contribution in [3.8, 4) is 0 Å². The van der Waals surface area contributed by atoms with E-state index in [1.54, 1.807) is 0 Å². The first-order chi connectivity index (χ1) is 6.15. The number of carbonyl (C=O) groups excluding carboxylic acids is 1. The number of aliphatic hydroxyl groups is 1. The molecular weight excluding hydrogens is 246 g/mol. The first-order valence-electron chi connectivity index (χ1n) is 4.83. The third-order valence-electron chi connectivity index (χ3n) is 3.06. The molecule has 1 rings (SSSR count). The van der Waals surface area contributed by atoms with Crippen LogP contribution in [-0.2, 0) is 4.79 Å². The molecule has 0 aromatic carbocycles. The highest BCUT2D eigenvalue weighted by atomic mass is 79.9. The lowest BCUT2D eigenvalue weighted by molar-refractivity contribution is -0.130. The Labute approximate surface area is 93.4 Å². The molecule has 1 aliphatic carbocycles. The summed E-state index contributed by atoms with van der Waals surface area (Å²) in [6.45, 7) is 7.55. The van der Waals surface area contributed by atoms with Gasteiger partial charge in [-0.2, -0.15) is 0 Å². The van der Waals surface area contributed by atoms with Gasteiger partial charge in [0.05, 0.1) is 10.4 Å². The highest BCUT2D eigenvalue weighted by molar-refractivity contribution is 9.10. The van der Waals surface area contributed by atoms with E-state index in [9.17, 15) is 9.90 Å². The highest BCUT2D eigenvalue weighted by Crippen LogP contribution is 2.40. The largest absolute Gasteiger partial charge is 0.392 e. The number of aliphatic hydroxyl groups excluding tert-OH is 1. The summed E-state index contributed by atoms with van der Waals surface area (Å²) in [7, 11) is 0. The van der Waals surface area contributed by atoms with Gasteiger partial charge in [-0.1, -0.05) is 29.8 Å². The smallest absolute Gasteiger partial charge is 0.236 e. The number of halogens is 1. The SMILES string of the molecule is CC(C)(Br)C(=O)NC1CC(O)C1(C)C. The number of alkyl halides is 1. The van der Waals surface area contributed by atoms with Crippen LogP contribution in [0.25, 0.3) is 0 Å². The fourth-order valence-electron chi connectivity index (χ4n) is 1.48. The zero-order valence-electron chi connectivity index (χ0n) is 9.10. The molecule has 82 valence electrons. The van der Waals surface area contributed by atoms with E-state index in [1.165, 1.54) is 0 Å². The lowest BCUT2D eigenvalue weighted by Crippen LogP contribution is -2.62. The van der Waals surface area contributed by atoms with Gasteiger partial charge in [0.2, 0.25) is 5.91 Å². The predicted molar refractivity (Wildman–Crippen MR) is 59.3 cm³/mol. The highest BCUT2D eigenvalue weighted by Gasteiger charge is 2.48. The van der Waals surface area contributed by atoms with Crippen LogP contribution in [0.1, 0.15) is 34.1 Å². The number of hydrogen-bond acceptors (Lipinski definition) is 2. The van der Waals surface area contributed by atoms with Crippen molar-refractivity contribution < 1.29 is 9.90 Å². The minimum Gasteiger partial charge on any atom is -0.392 e. The number of hydrogen-bond donors (Lipinski definition) is 2. The van der Waals surface area contributed by atoms with Crippen LogP contribution in [-0.4, -0.2) is 27.5 Å². The van der Waals surface area contributed by atoms with Crippen LogP contribution in [0.2, 0.25) is 0 Å². The number of carbonyl (C=O) groups is 1. The lowest BCUT2D eigenvalue weighted by Gasteiger charge is -2.49. The van der Waals surface area contributed by atoms with Crippen LogP contribution in [0.4, 0.5) is 0 Å². The van der Waals surface area contributed by atoms with Crippen LogP contribution in [0, 0.1) is 5.41 Å². The van der Waals surface area contributed by atoms with E-state index in [4.69, 9.17) is 0 Å². The van der Waals surface area contributed by atoms with Crippen molar-refractivity contribution in [2.24, 2.45) is 5.41 Å². The summed E-state index contributed by atoms with van der Waals surface area (Å²) >= 11 is 3.30. The quantitative estimate of drug-likeness (QED) is 0.741. The van der Waals surface area contributed by atoms with E-state index in [2.05, 4.69) is 21.2 Å². The van der Waals surface area contributed by atoms with Gasteiger partial charge in [-0.3, -0.25) is 4.79 Å². The molecule has 2 N–H and O–H groups in total. The molecule has 1 aliphatic rings. The average molecular weight is 264 g/mol. The second-order valence-electron chi connectivity index (χ2n) is 5.07. The summed E-state index contributed by atoms with van der Waals surface area (Å²) in [6.07, 6.45) is 0.355. The number of nitrogens with one attached hydrogen (secondary N) is 1. The van der Waals surface area contributed by atoms with E-state index in [1.807, 2.05) is 27.7 Å². The zero-order valence-corrected chi connectivity index (χ0v) is 10.7. The molecule has 14 heavy (non-hydrogen) atoms. The third kappa shape index (κ3) is 2.11.